The molecule has 1 aromatic heterocycles. The summed E-state index contributed by atoms with van der Waals surface area (Å²) in [5.74, 6) is -0.832. The third kappa shape index (κ3) is 3.16. The number of carbonyl (C=O) groups excluding carboxylic acids is 2. The molecule has 0 aliphatic carbocycles. The molecule has 0 fully saturated rings. The fourth-order valence-electron chi connectivity index (χ4n) is 0.920. The van der Waals surface area contributed by atoms with Crippen LogP contribution in [0, 0.1) is 0 Å². The van der Waals surface area contributed by atoms with Crippen LogP contribution in [0.25, 0.3) is 0 Å². The summed E-state index contributed by atoms with van der Waals surface area (Å²) in [4.78, 5) is 26.6. The van der Waals surface area contributed by atoms with Gasteiger partial charge in [-0.2, -0.15) is 0 Å². The molecule has 0 spiro atoms. The second kappa shape index (κ2) is 6.02. The number of thiazole rings is 1. The van der Waals surface area contributed by atoms with Crippen molar-refractivity contribution >= 4 is 23.2 Å². The standard InChI is InChI=1S/C10H12N2O3S/c1-3-5-11-8(13)7-6-16-9(12-7)10(14)15-4-2/h3,6H,1,4-5H2,2H3,(H,11,13). The van der Waals surface area contributed by atoms with E-state index in [1.807, 2.05) is 0 Å². The van der Waals surface area contributed by atoms with Gasteiger partial charge in [0.2, 0.25) is 5.01 Å². The maximum Gasteiger partial charge on any atom is 0.367 e. The number of hydrogen-bond acceptors (Lipinski definition) is 5. The van der Waals surface area contributed by atoms with Crippen LogP contribution in [0.3, 0.4) is 0 Å². The van der Waals surface area contributed by atoms with Crippen molar-refractivity contribution in [3.05, 3.63) is 28.7 Å². The van der Waals surface area contributed by atoms with E-state index in [-0.39, 0.29) is 23.2 Å². The number of nitrogens with one attached hydrogen (secondary N) is 1. The van der Waals surface area contributed by atoms with E-state index in [0.29, 0.717) is 6.54 Å². The first kappa shape index (κ1) is 12.4. The van der Waals surface area contributed by atoms with Gasteiger partial charge in [-0.25, -0.2) is 9.78 Å². The second-order valence-electron chi connectivity index (χ2n) is 2.76. The Labute approximate surface area is 97.1 Å². The van der Waals surface area contributed by atoms with E-state index in [1.54, 1.807) is 13.0 Å². The number of rotatable bonds is 5. The Bertz CT molecular complexity index is 401. The predicted octanol–water partition coefficient (Wildman–Crippen LogP) is 1.24. The van der Waals surface area contributed by atoms with Gasteiger partial charge in [-0.05, 0) is 6.92 Å². The van der Waals surface area contributed by atoms with E-state index < -0.39 is 5.97 Å². The molecule has 0 aliphatic rings. The summed E-state index contributed by atoms with van der Waals surface area (Å²) >= 11 is 1.09. The smallest absolute Gasteiger partial charge is 0.367 e. The summed E-state index contributed by atoms with van der Waals surface area (Å²) < 4.78 is 4.76. The molecular weight excluding hydrogens is 228 g/mol. The molecule has 0 radical (unpaired) electrons. The van der Waals surface area contributed by atoms with Crippen molar-refractivity contribution in [1.82, 2.24) is 10.3 Å². The fourth-order valence-corrected chi connectivity index (χ4v) is 1.61. The average molecular weight is 240 g/mol. The molecule has 1 heterocycles. The highest BCUT2D eigenvalue weighted by Gasteiger charge is 2.15. The van der Waals surface area contributed by atoms with Crippen LogP contribution in [0.15, 0.2) is 18.0 Å². The molecule has 5 nitrogen and oxygen atoms in total. The zero-order valence-corrected chi connectivity index (χ0v) is 9.67. The topological polar surface area (TPSA) is 68.3 Å². The van der Waals surface area contributed by atoms with Crippen molar-refractivity contribution in [1.29, 1.82) is 0 Å². The number of ether oxygens (including phenoxy) is 1. The molecule has 1 amide bonds. The summed E-state index contributed by atoms with van der Waals surface area (Å²) in [6.07, 6.45) is 1.57. The van der Waals surface area contributed by atoms with Crippen molar-refractivity contribution in [2.24, 2.45) is 0 Å². The van der Waals surface area contributed by atoms with Gasteiger partial charge in [-0.1, -0.05) is 6.08 Å². The summed E-state index contributed by atoms with van der Waals surface area (Å²) in [7, 11) is 0. The fraction of sp³-hybridized carbons (Fsp3) is 0.300. The van der Waals surface area contributed by atoms with Crippen LogP contribution in [0.5, 0.6) is 0 Å². The van der Waals surface area contributed by atoms with Gasteiger partial charge in [0.1, 0.15) is 5.69 Å². The van der Waals surface area contributed by atoms with Gasteiger partial charge in [-0.3, -0.25) is 4.79 Å². The number of nitrogens with zero attached hydrogens (tertiary/aromatic N) is 1. The molecule has 0 saturated heterocycles. The molecule has 0 saturated carbocycles. The summed E-state index contributed by atoms with van der Waals surface area (Å²) in [5.41, 5.74) is 0.218. The van der Waals surface area contributed by atoms with E-state index in [0.717, 1.165) is 11.3 Å². The van der Waals surface area contributed by atoms with Crippen LogP contribution in [-0.4, -0.2) is 30.0 Å². The highest BCUT2D eigenvalue weighted by atomic mass is 32.1. The maximum atomic E-state index is 11.4. The highest BCUT2D eigenvalue weighted by molar-refractivity contribution is 7.11. The van der Waals surface area contributed by atoms with Crippen molar-refractivity contribution in [3.63, 3.8) is 0 Å². The van der Waals surface area contributed by atoms with Crippen LogP contribution in [-0.2, 0) is 4.74 Å². The van der Waals surface area contributed by atoms with Crippen molar-refractivity contribution in [2.75, 3.05) is 13.2 Å². The highest BCUT2D eigenvalue weighted by Crippen LogP contribution is 2.10. The van der Waals surface area contributed by atoms with E-state index in [9.17, 15) is 9.59 Å². The Morgan fingerprint density at radius 2 is 2.44 bits per heavy atom. The Morgan fingerprint density at radius 1 is 1.69 bits per heavy atom. The minimum absolute atomic E-state index is 0.186. The SMILES string of the molecule is C=CCNC(=O)c1csc(C(=O)OCC)n1. The predicted molar refractivity (Wildman–Crippen MR) is 60.6 cm³/mol. The van der Waals surface area contributed by atoms with Crippen molar-refractivity contribution in [3.8, 4) is 0 Å². The molecular formula is C10H12N2O3S. The lowest BCUT2D eigenvalue weighted by molar-refractivity contribution is 0.0526. The number of aromatic nitrogens is 1. The summed E-state index contributed by atoms with van der Waals surface area (Å²) in [5, 5.41) is 4.27. The molecule has 86 valence electrons. The van der Waals surface area contributed by atoms with Crippen LogP contribution >= 0.6 is 11.3 Å². The van der Waals surface area contributed by atoms with Gasteiger partial charge in [0.15, 0.2) is 0 Å². The third-order valence-corrected chi connectivity index (χ3v) is 2.42. The number of hydrogen-bond donors (Lipinski definition) is 1. The first-order valence-electron chi connectivity index (χ1n) is 4.70. The Morgan fingerprint density at radius 3 is 3.06 bits per heavy atom. The van der Waals surface area contributed by atoms with E-state index in [1.165, 1.54) is 5.38 Å². The Kier molecular flexibility index (Phi) is 4.65. The lowest BCUT2D eigenvalue weighted by Crippen LogP contribution is -2.23. The van der Waals surface area contributed by atoms with Gasteiger partial charge in [0, 0.05) is 11.9 Å². The van der Waals surface area contributed by atoms with Crippen molar-refractivity contribution in [2.45, 2.75) is 6.92 Å². The normalized spacial score (nSPS) is 9.56. The number of amides is 1. The second-order valence-corrected chi connectivity index (χ2v) is 3.62. The third-order valence-electron chi connectivity index (χ3n) is 1.59. The van der Waals surface area contributed by atoms with Crippen LogP contribution in [0.1, 0.15) is 27.2 Å². The monoisotopic (exact) mass is 240 g/mol. The van der Waals surface area contributed by atoms with E-state index in [4.69, 9.17) is 4.74 Å². The van der Waals surface area contributed by atoms with Gasteiger partial charge >= 0.3 is 5.97 Å². The largest absolute Gasteiger partial charge is 0.461 e. The van der Waals surface area contributed by atoms with Gasteiger partial charge < -0.3 is 10.1 Å². The van der Waals surface area contributed by atoms with Crippen molar-refractivity contribution < 1.29 is 14.3 Å². The molecule has 0 unspecified atom stereocenters. The Hall–Kier alpha value is -1.69. The van der Waals surface area contributed by atoms with Crippen LogP contribution < -0.4 is 5.32 Å². The lowest BCUT2D eigenvalue weighted by atomic mass is 10.4. The lowest BCUT2D eigenvalue weighted by Gasteiger charge is -1.97. The Balaban J connectivity index is 2.67. The minimum Gasteiger partial charge on any atom is -0.461 e. The molecule has 0 bridgehead atoms. The minimum atomic E-state index is -0.504. The molecule has 0 aliphatic heterocycles. The molecule has 1 N–H and O–H groups in total. The van der Waals surface area contributed by atoms with Gasteiger partial charge in [0.05, 0.1) is 6.61 Å². The zero-order chi connectivity index (χ0) is 12.0. The summed E-state index contributed by atoms with van der Waals surface area (Å²) in [6, 6.07) is 0. The van der Waals surface area contributed by atoms with Crippen LogP contribution in [0.4, 0.5) is 0 Å². The molecule has 0 aromatic carbocycles. The number of esters is 1. The zero-order valence-electron chi connectivity index (χ0n) is 8.86. The van der Waals surface area contributed by atoms with Gasteiger partial charge in [-0.15, -0.1) is 17.9 Å². The molecule has 0 atom stereocenters. The quantitative estimate of drug-likeness (QED) is 0.621. The average Bonchev–Trinajstić information content (AvgIpc) is 2.75. The molecule has 6 heteroatoms. The summed E-state index contributed by atoms with van der Waals surface area (Å²) in [6.45, 7) is 5.84. The first-order valence-corrected chi connectivity index (χ1v) is 5.58. The van der Waals surface area contributed by atoms with E-state index >= 15 is 0 Å². The maximum absolute atomic E-state index is 11.4. The van der Waals surface area contributed by atoms with E-state index in [2.05, 4.69) is 16.9 Å². The van der Waals surface area contributed by atoms with Gasteiger partial charge in [0.25, 0.3) is 5.91 Å². The first-order chi connectivity index (χ1) is 7.69. The molecule has 1 aromatic rings. The number of carbonyl (C=O) groups is 2. The van der Waals surface area contributed by atoms with Crippen LogP contribution in [0.2, 0.25) is 0 Å². The molecule has 16 heavy (non-hydrogen) atoms. The molecule has 1 rings (SSSR count).